The van der Waals surface area contributed by atoms with Crippen molar-refractivity contribution >= 4 is 17.1 Å². The topological polar surface area (TPSA) is 106 Å². The highest BCUT2D eigenvalue weighted by molar-refractivity contribution is 5.53. The van der Waals surface area contributed by atoms with Crippen molar-refractivity contribution in [2.45, 2.75) is 13.3 Å². The Bertz CT molecular complexity index is 841. The molecule has 0 amide bonds. The van der Waals surface area contributed by atoms with E-state index in [2.05, 4.69) is 6.92 Å². The zero-order valence-corrected chi connectivity index (χ0v) is 17.2. The van der Waals surface area contributed by atoms with Gasteiger partial charge >= 0.3 is 0 Å². The molecule has 0 aliphatic heterocycles. The van der Waals surface area contributed by atoms with Gasteiger partial charge < -0.3 is 31.4 Å². The number of rotatable bonds is 10. The van der Waals surface area contributed by atoms with Crippen molar-refractivity contribution in [3.05, 3.63) is 72.8 Å². The molecule has 30 heavy (non-hydrogen) atoms. The largest absolute Gasteiger partial charge is 0.491 e. The fourth-order valence-electron chi connectivity index (χ4n) is 2.96. The summed E-state index contributed by atoms with van der Waals surface area (Å²) in [7, 11) is 0. The van der Waals surface area contributed by atoms with Crippen LogP contribution in [0.3, 0.4) is 0 Å². The first-order chi connectivity index (χ1) is 14.5. The van der Waals surface area contributed by atoms with Gasteiger partial charge in [0.15, 0.2) is 0 Å². The van der Waals surface area contributed by atoms with Crippen LogP contribution in [-0.2, 0) is 0 Å². The van der Waals surface area contributed by atoms with Gasteiger partial charge in [0, 0.05) is 0 Å². The summed E-state index contributed by atoms with van der Waals surface area (Å²) in [5.74, 6) is 1.90. The van der Waals surface area contributed by atoms with Gasteiger partial charge in [-0.15, -0.1) is 0 Å². The monoisotopic (exact) mass is 407 g/mol. The van der Waals surface area contributed by atoms with Crippen LogP contribution in [0.4, 0.5) is 17.1 Å². The number of anilines is 3. The van der Waals surface area contributed by atoms with E-state index in [1.54, 1.807) is 0 Å². The molecule has 0 fully saturated rings. The Hall–Kier alpha value is -3.54. The van der Waals surface area contributed by atoms with Crippen molar-refractivity contribution in [1.82, 2.24) is 0 Å². The maximum atomic E-state index is 6.08. The highest BCUT2D eigenvalue weighted by Crippen LogP contribution is 2.31. The van der Waals surface area contributed by atoms with Crippen LogP contribution in [0.1, 0.15) is 13.3 Å². The smallest absolute Gasteiger partial charge is 0.142 e. The molecule has 6 heteroatoms. The lowest BCUT2D eigenvalue weighted by Gasteiger charge is -2.32. The Labute approximate surface area is 177 Å². The van der Waals surface area contributed by atoms with Crippen molar-refractivity contribution in [3.63, 3.8) is 0 Å². The normalized spacial score (nSPS) is 11.1. The Morgan fingerprint density at radius 1 is 0.567 bits per heavy atom. The van der Waals surface area contributed by atoms with Crippen LogP contribution in [0.15, 0.2) is 72.8 Å². The van der Waals surface area contributed by atoms with Crippen LogP contribution >= 0.6 is 0 Å². The molecule has 0 saturated heterocycles. The van der Waals surface area contributed by atoms with Crippen molar-refractivity contribution in [1.29, 1.82) is 0 Å². The van der Waals surface area contributed by atoms with Gasteiger partial charge in [0.25, 0.3) is 0 Å². The van der Waals surface area contributed by atoms with E-state index in [0.29, 0.717) is 54.1 Å². The lowest BCUT2D eigenvalue weighted by molar-refractivity contribution is 0.0301. The molecule has 0 heterocycles. The van der Waals surface area contributed by atoms with Gasteiger partial charge in [0.2, 0.25) is 0 Å². The molecule has 158 valence electrons. The second-order valence-electron chi connectivity index (χ2n) is 7.33. The molecule has 0 saturated carbocycles. The van der Waals surface area contributed by atoms with Crippen LogP contribution in [0.5, 0.6) is 17.2 Å². The standard InChI is InChI=1S/C24H29N3O3/c1-2-24(15-28-21-12-6-3-9-18(21)25,16-29-22-13-7-4-10-19(22)26)17-30-23-14-8-5-11-20(23)27/h3-14H,2,15-17,25-27H2,1H3. The molecule has 3 aromatic rings. The van der Waals surface area contributed by atoms with E-state index in [9.17, 15) is 0 Å². The number of benzene rings is 3. The minimum Gasteiger partial charge on any atom is -0.491 e. The van der Waals surface area contributed by atoms with E-state index in [1.807, 2.05) is 72.8 Å². The van der Waals surface area contributed by atoms with Crippen molar-refractivity contribution < 1.29 is 14.2 Å². The van der Waals surface area contributed by atoms with Gasteiger partial charge in [-0.05, 0) is 42.8 Å². The van der Waals surface area contributed by atoms with Gasteiger partial charge in [0.1, 0.15) is 37.1 Å². The fraction of sp³-hybridized carbons (Fsp3) is 0.250. The molecule has 0 atom stereocenters. The molecular formula is C24H29N3O3. The molecule has 0 unspecified atom stereocenters. The number of para-hydroxylation sites is 6. The third kappa shape index (κ3) is 5.29. The first kappa shape index (κ1) is 21.2. The summed E-state index contributed by atoms with van der Waals surface area (Å²) >= 11 is 0. The summed E-state index contributed by atoms with van der Waals surface area (Å²) in [6, 6.07) is 22.3. The molecule has 0 aliphatic rings. The minimum atomic E-state index is -0.452. The summed E-state index contributed by atoms with van der Waals surface area (Å²) < 4.78 is 18.2. The minimum absolute atomic E-state index is 0.358. The van der Waals surface area contributed by atoms with Gasteiger partial charge in [0.05, 0.1) is 22.5 Å². The predicted octanol–water partition coefficient (Wildman–Crippen LogP) is 4.37. The first-order valence-electron chi connectivity index (χ1n) is 9.95. The third-order valence-corrected chi connectivity index (χ3v) is 5.11. The molecule has 0 spiro atoms. The molecule has 0 aliphatic carbocycles. The maximum absolute atomic E-state index is 6.08. The van der Waals surface area contributed by atoms with Crippen molar-refractivity contribution in [2.24, 2.45) is 5.41 Å². The van der Waals surface area contributed by atoms with Gasteiger partial charge in [-0.2, -0.15) is 0 Å². The summed E-state index contributed by atoms with van der Waals surface area (Å²) in [4.78, 5) is 0. The zero-order chi connectivity index (χ0) is 21.4. The number of nitrogen functional groups attached to an aromatic ring is 3. The van der Waals surface area contributed by atoms with E-state index in [4.69, 9.17) is 31.4 Å². The first-order valence-corrected chi connectivity index (χ1v) is 9.95. The number of ether oxygens (including phenoxy) is 3. The Morgan fingerprint density at radius 3 is 1.13 bits per heavy atom. The highest BCUT2D eigenvalue weighted by Gasteiger charge is 2.33. The van der Waals surface area contributed by atoms with Crippen LogP contribution in [0.2, 0.25) is 0 Å². The molecule has 3 aromatic carbocycles. The Balaban J connectivity index is 1.78. The number of hydrogen-bond acceptors (Lipinski definition) is 6. The average Bonchev–Trinajstić information content (AvgIpc) is 2.76. The van der Waals surface area contributed by atoms with Crippen molar-refractivity contribution in [2.75, 3.05) is 37.0 Å². The third-order valence-electron chi connectivity index (χ3n) is 5.11. The fourth-order valence-corrected chi connectivity index (χ4v) is 2.96. The van der Waals surface area contributed by atoms with Crippen LogP contribution < -0.4 is 31.4 Å². The van der Waals surface area contributed by atoms with Gasteiger partial charge in [-0.1, -0.05) is 43.3 Å². The number of nitrogens with two attached hydrogens (primary N) is 3. The van der Waals surface area contributed by atoms with Crippen molar-refractivity contribution in [3.8, 4) is 17.2 Å². The molecule has 6 nitrogen and oxygen atoms in total. The molecule has 6 N–H and O–H groups in total. The molecule has 0 aromatic heterocycles. The second-order valence-corrected chi connectivity index (χ2v) is 7.33. The predicted molar refractivity (Wildman–Crippen MR) is 122 cm³/mol. The maximum Gasteiger partial charge on any atom is 0.142 e. The highest BCUT2D eigenvalue weighted by atomic mass is 16.5. The van der Waals surface area contributed by atoms with Crippen LogP contribution in [-0.4, -0.2) is 19.8 Å². The zero-order valence-electron chi connectivity index (χ0n) is 17.2. The molecular weight excluding hydrogens is 378 g/mol. The Morgan fingerprint density at radius 2 is 0.867 bits per heavy atom. The quantitative estimate of drug-likeness (QED) is 0.431. The van der Waals surface area contributed by atoms with E-state index in [0.717, 1.165) is 6.42 Å². The molecule has 0 radical (unpaired) electrons. The summed E-state index contributed by atoms with van der Waals surface area (Å²) in [6.07, 6.45) is 0.749. The lowest BCUT2D eigenvalue weighted by atomic mass is 9.88. The summed E-state index contributed by atoms with van der Waals surface area (Å²) in [5.41, 5.74) is 19.4. The SMILES string of the molecule is CCC(COc1ccccc1N)(COc1ccccc1N)COc1ccccc1N. The average molecular weight is 408 g/mol. The van der Waals surface area contributed by atoms with E-state index in [1.165, 1.54) is 0 Å². The number of hydrogen-bond donors (Lipinski definition) is 3. The molecule has 3 rings (SSSR count). The lowest BCUT2D eigenvalue weighted by Crippen LogP contribution is -2.40. The summed E-state index contributed by atoms with van der Waals surface area (Å²) in [6.45, 7) is 3.15. The van der Waals surface area contributed by atoms with E-state index >= 15 is 0 Å². The molecule has 0 bridgehead atoms. The second kappa shape index (κ2) is 9.78. The van der Waals surface area contributed by atoms with Crippen LogP contribution in [0.25, 0.3) is 0 Å². The van der Waals surface area contributed by atoms with Gasteiger partial charge in [-0.3, -0.25) is 0 Å². The van der Waals surface area contributed by atoms with E-state index in [-0.39, 0.29) is 0 Å². The van der Waals surface area contributed by atoms with E-state index < -0.39 is 5.41 Å². The Kier molecular flexibility index (Phi) is 6.91. The summed E-state index contributed by atoms with van der Waals surface area (Å²) in [5, 5.41) is 0. The van der Waals surface area contributed by atoms with Crippen LogP contribution in [0, 0.1) is 5.41 Å². The van der Waals surface area contributed by atoms with Gasteiger partial charge in [-0.25, -0.2) is 0 Å².